The molecule has 0 unspecified atom stereocenters. The molecule has 0 fully saturated rings. The molecule has 0 spiro atoms. The first kappa shape index (κ1) is 34.3. The maximum atomic E-state index is 10.1. The standard InChI is InChI=1S/C16H30O.C16H32/c1-2-3-4-5-6-7-8-9-10-11-12-13-14-15-16-17;1-3-5-7-9-11-13-15-16-14-12-10-8-6-4-2/h7-8,16H,2-6,9-15H2,1H3;13,15H,3-12,14,16H2,1-2H3/b;15-13-. The van der Waals surface area contributed by atoms with Crippen molar-refractivity contribution in [1.82, 2.24) is 0 Å². The van der Waals surface area contributed by atoms with E-state index in [1.165, 1.54) is 141 Å². The van der Waals surface area contributed by atoms with Crippen LogP contribution in [0.3, 0.4) is 0 Å². The minimum atomic E-state index is 0.748. The Morgan fingerprint density at radius 2 is 0.576 bits per heavy atom. The summed E-state index contributed by atoms with van der Waals surface area (Å²) in [5.41, 5.74) is 0. The fourth-order valence-corrected chi connectivity index (χ4v) is 3.91. The monoisotopic (exact) mass is 462 g/mol. The first-order valence-electron chi connectivity index (χ1n) is 15.1. The summed E-state index contributed by atoms with van der Waals surface area (Å²) in [4.78, 5) is 10.1. The molecule has 0 aromatic rings. The summed E-state index contributed by atoms with van der Waals surface area (Å²) >= 11 is 0. The number of unbranched alkanes of at least 4 members (excludes halogenated alkanes) is 20. The summed E-state index contributed by atoms with van der Waals surface area (Å²) in [5.74, 6) is 0. The molecule has 0 heterocycles. The second-order valence-electron chi connectivity index (χ2n) is 9.71. The molecule has 0 N–H and O–H groups in total. The van der Waals surface area contributed by atoms with Crippen LogP contribution in [0.15, 0.2) is 24.3 Å². The highest BCUT2D eigenvalue weighted by Gasteiger charge is 1.90. The van der Waals surface area contributed by atoms with Gasteiger partial charge in [0.15, 0.2) is 0 Å². The van der Waals surface area contributed by atoms with Crippen molar-refractivity contribution < 1.29 is 4.79 Å². The fraction of sp³-hybridized carbons (Fsp3) is 0.844. The van der Waals surface area contributed by atoms with Crippen LogP contribution in [0.2, 0.25) is 0 Å². The van der Waals surface area contributed by atoms with Crippen molar-refractivity contribution >= 4 is 6.29 Å². The maximum absolute atomic E-state index is 10.1. The Kier molecular flexibility index (Phi) is 37.2. The van der Waals surface area contributed by atoms with E-state index >= 15 is 0 Å². The molecule has 0 atom stereocenters. The van der Waals surface area contributed by atoms with Gasteiger partial charge in [0, 0.05) is 6.42 Å². The number of carbonyl (C=O) groups is 1. The summed E-state index contributed by atoms with van der Waals surface area (Å²) in [6, 6.07) is 0. The summed E-state index contributed by atoms with van der Waals surface area (Å²) in [5, 5.41) is 0. The van der Waals surface area contributed by atoms with E-state index in [-0.39, 0.29) is 0 Å². The highest BCUT2D eigenvalue weighted by Crippen LogP contribution is 2.09. The second kappa shape index (κ2) is 35.7. The first-order chi connectivity index (χ1) is 16.3. The van der Waals surface area contributed by atoms with Gasteiger partial charge in [-0.1, -0.05) is 135 Å². The number of hydrogen-bond acceptors (Lipinski definition) is 1. The van der Waals surface area contributed by atoms with Gasteiger partial charge in [-0.2, -0.15) is 0 Å². The molecule has 1 nitrogen and oxygen atoms in total. The van der Waals surface area contributed by atoms with Crippen molar-refractivity contribution in [2.75, 3.05) is 0 Å². The maximum Gasteiger partial charge on any atom is 0.119 e. The molecule has 0 saturated heterocycles. The Bertz CT molecular complexity index is 382. The smallest absolute Gasteiger partial charge is 0.119 e. The van der Waals surface area contributed by atoms with Crippen molar-refractivity contribution in [1.29, 1.82) is 0 Å². The van der Waals surface area contributed by atoms with Crippen molar-refractivity contribution in [3.05, 3.63) is 24.3 Å². The molecule has 0 amide bonds. The van der Waals surface area contributed by atoms with Gasteiger partial charge < -0.3 is 4.79 Å². The lowest BCUT2D eigenvalue weighted by Gasteiger charge is -1.98. The van der Waals surface area contributed by atoms with E-state index in [2.05, 4.69) is 45.1 Å². The van der Waals surface area contributed by atoms with E-state index in [0.29, 0.717) is 0 Å². The Labute approximate surface area is 210 Å². The minimum absolute atomic E-state index is 0.748. The second-order valence-corrected chi connectivity index (χ2v) is 9.71. The average molecular weight is 463 g/mol. The highest BCUT2D eigenvalue weighted by molar-refractivity contribution is 5.48. The van der Waals surface area contributed by atoms with Gasteiger partial charge in [-0.15, -0.1) is 0 Å². The third-order valence-electron chi connectivity index (χ3n) is 6.20. The number of rotatable bonds is 25. The summed E-state index contributed by atoms with van der Waals surface area (Å²) in [7, 11) is 0. The predicted octanol–water partition coefficient (Wildman–Crippen LogP) is 11.7. The Morgan fingerprint density at radius 3 is 0.879 bits per heavy atom. The summed E-state index contributed by atoms with van der Waals surface area (Å²) in [6.45, 7) is 6.81. The highest BCUT2D eigenvalue weighted by atomic mass is 16.1. The van der Waals surface area contributed by atoms with Crippen LogP contribution in [0.1, 0.15) is 175 Å². The van der Waals surface area contributed by atoms with Gasteiger partial charge >= 0.3 is 0 Å². The van der Waals surface area contributed by atoms with Gasteiger partial charge in [-0.3, -0.25) is 0 Å². The molecule has 0 rings (SSSR count). The third kappa shape index (κ3) is 38.7. The zero-order chi connectivity index (χ0) is 24.5. The van der Waals surface area contributed by atoms with Crippen LogP contribution in [-0.4, -0.2) is 6.29 Å². The van der Waals surface area contributed by atoms with Gasteiger partial charge in [0.05, 0.1) is 0 Å². The number of hydrogen-bond donors (Lipinski definition) is 0. The van der Waals surface area contributed by atoms with Crippen LogP contribution in [0.5, 0.6) is 0 Å². The largest absolute Gasteiger partial charge is 0.303 e. The Balaban J connectivity index is 0. The summed E-state index contributed by atoms with van der Waals surface area (Å²) in [6.07, 6.45) is 42.1. The Hall–Kier alpha value is -0.850. The molecule has 0 radical (unpaired) electrons. The Morgan fingerprint density at radius 1 is 0.333 bits per heavy atom. The number of allylic oxidation sites excluding steroid dienone is 4. The van der Waals surface area contributed by atoms with Crippen LogP contribution < -0.4 is 0 Å². The van der Waals surface area contributed by atoms with Gasteiger partial charge in [0.25, 0.3) is 0 Å². The van der Waals surface area contributed by atoms with Crippen LogP contribution in [0.25, 0.3) is 0 Å². The van der Waals surface area contributed by atoms with E-state index in [1.807, 2.05) is 0 Å². The zero-order valence-electron chi connectivity index (χ0n) is 23.3. The molecule has 0 aliphatic carbocycles. The van der Waals surface area contributed by atoms with E-state index in [1.54, 1.807) is 0 Å². The van der Waals surface area contributed by atoms with Crippen molar-refractivity contribution in [2.24, 2.45) is 0 Å². The SMILES string of the molecule is CCCCCC/C=C\CCCCCCCC.CCCCCCC=CCCCCCCCC=O. The predicted molar refractivity (Wildman–Crippen MR) is 152 cm³/mol. The zero-order valence-corrected chi connectivity index (χ0v) is 23.3. The van der Waals surface area contributed by atoms with Crippen molar-refractivity contribution in [3.8, 4) is 0 Å². The molecule has 0 aliphatic heterocycles. The molecular formula is C32H62O. The molecular weight excluding hydrogens is 400 g/mol. The van der Waals surface area contributed by atoms with E-state index in [4.69, 9.17) is 0 Å². The molecule has 0 aliphatic rings. The molecule has 0 aromatic carbocycles. The molecule has 0 bridgehead atoms. The molecule has 1 heteroatoms. The van der Waals surface area contributed by atoms with Crippen LogP contribution in [0.4, 0.5) is 0 Å². The lowest BCUT2D eigenvalue weighted by Crippen LogP contribution is -1.80. The lowest BCUT2D eigenvalue weighted by atomic mass is 10.1. The first-order valence-corrected chi connectivity index (χ1v) is 15.1. The number of aldehydes is 1. The lowest BCUT2D eigenvalue weighted by molar-refractivity contribution is -0.107. The molecule has 0 aromatic heterocycles. The molecule has 196 valence electrons. The van der Waals surface area contributed by atoms with Gasteiger partial charge in [-0.05, 0) is 57.8 Å². The summed E-state index contributed by atoms with van der Waals surface area (Å²) < 4.78 is 0. The van der Waals surface area contributed by atoms with Crippen molar-refractivity contribution in [3.63, 3.8) is 0 Å². The van der Waals surface area contributed by atoms with Crippen LogP contribution in [-0.2, 0) is 4.79 Å². The van der Waals surface area contributed by atoms with E-state index < -0.39 is 0 Å². The topological polar surface area (TPSA) is 17.1 Å². The molecule has 0 saturated carbocycles. The third-order valence-corrected chi connectivity index (χ3v) is 6.20. The minimum Gasteiger partial charge on any atom is -0.303 e. The van der Waals surface area contributed by atoms with Gasteiger partial charge in [0.1, 0.15) is 6.29 Å². The van der Waals surface area contributed by atoms with Gasteiger partial charge in [-0.25, -0.2) is 0 Å². The fourth-order valence-electron chi connectivity index (χ4n) is 3.91. The normalized spacial score (nSPS) is 11.2. The van der Waals surface area contributed by atoms with Gasteiger partial charge in [0.2, 0.25) is 0 Å². The van der Waals surface area contributed by atoms with E-state index in [9.17, 15) is 4.79 Å². The van der Waals surface area contributed by atoms with Crippen molar-refractivity contribution in [2.45, 2.75) is 175 Å². The quantitative estimate of drug-likeness (QED) is 0.0748. The van der Waals surface area contributed by atoms with Crippen LogP contribution >= 0.6 is 0 Å². The number of carbonyl (C=O) groups excluding carboxylic acids is 1. The van der Waals surface area contributed by atoms with Crippen LogP contribution in [0, 0.1) is 0 Å². The van der Waals surface area contributed by atoms with E-state index in [0.717, 1.165) is 19.1 Å². The molecule has 33 heavy (non-hydrogen) atoms. The average Bonchev–Trinajstić information content (AvgIpc) is 2.83.